The lowest BCUT2D eigenvalue weighted by Gasteiger charge is -2.28. The average Bonchev–Trinajstić information content (AvgIpc) is 2.95. The van der Waals surface area contributed by atoms with Crippen molar-refractivity contribution in [3.05, 3.63) is 0 Å². The van der Waals surface area contributed by atoms with Gasteiger partial charge in [-0.1, -0.05) is 0 Å². The topological polar surface area (TPSA) is 6.48 Å². The van der Waals surface area contributed by atoms with Gasteiger partial charge in [-0.25, -0.2) is 0 Å². The van der Waals surface area contributed by atoms with Crippen LogP contribution < -0.4 is 0 Å². The van der Waals surface area contributed by atoms with Gasteiger partial charge in [-0.15, -0.1) is 0 Å². The molecule has 2 heteroatoms. The van der Waals surface area contributed by atoms with Crippen LogP contribution in [-0.4, -0.2) is 48.1 Å². The van der Waals surface area contributed by atoms with E-state index in [-0.39, 0.29) is 0 Å². The number of likely N-dealkylation sites (tertiary alicyclic amines) is 1. The molecule has 3 aliphatic rings. The molecule has 1 atom stereocenters. The summed E-state index contributed by atoms with van der Waals surface area (Å²) >= 11 is 0. The summed E-state index contributed by atoms with van der Waals surface area (Å²) in [6, 6.07) is 2.89. The van der Waals surface area contributed by atoms with Crippen LogP contribution in [0.5, 0.6) is 0 Å². The molecule has 0 amide bonds. The van der Waals surface area contributed by atoms with Crippen molar-refractivity contribution >= 4 is 0 Å². The van der Waals surface area contributed by atoms with E-state index in [1.807, 2.05) is 0 Å². The first kappa shape index (κ1) is 8.25. The van der Waals surface area contributed by atoms with E-state index in [1.165, 1.54) is 45.2 Å². The maximum Gasteiger partial charge on any atom is 0.0241 e. The highest BCUT2D eigenvalue weighted by Gasteiger charge is 2.43. The smallest absolute Gasteiger partial charge is 0.0241 e. The third-order valence-corrected chi connectivity index (χ3v) is 3.73. The molecule has 0 bridgehead atoms. The molecule has 0 spiro atoms. The summed E-state index contributed by atoms with van der Waals surface area (Å²) in [6.07, 6.45) is 7.35. The lowest BCUT2D eigenvalue weighted by molar-refractivity contribution is 0.178. The molecule has 2 aliphatic carbocycles. The summed E-state index contributed by atoms with van der Waals surface area (Å²) in [4.78, 5) is 5.35. The van der Waals surface area contributed by atoms with Gasteiger partial charge in [-0.3, -0.25) is 4.90 Å². The van der Waals surface area contributed by atoms with Crippen LogP contribution in [-0.2, 0) is 0 Å². The SMILES string of the molecule is CN1CCC(N(C2CC2)C2CC2)C1. The van der Waals surface area contributed by atoms with Gasteiger partial charge in [0.05, 0.1) is 0 Å². The van der Waals surface area contributed by atoms with Crippen LogP contribution in [0.1, 0.15) is 32.1 Å². The minimum atomic E-state index is 0.907. The van der Waals surface area contributed by atoms with Gasteiger partial charge in [0.25, 0.3) is 0 Å². The third kappa shape index (κ3) is 1.62. The molecule has 2 saturated carbocycles. The Labute approximate surface area is 80.9 Å². The van der Waals surface area contributed by atoms with Crippen LogP contribution in [0, 0.1) is 0 Å². The van der Waals surface area contributed by atoms with E-state index in [2.05, 4.69) is 16.8 Å². The van der Waals surface area contributed by atoms with Crippen molar-refractivity contribution in [2.45, 2.75) is 50.2 Å². The molecule has 0 aromatic heterocycles. The molecular weight excluding hydrogens is 160 g/mol. The standard InChI is InChI=1S/C11H20N2/c1-12-7-6-11(8-12)13(9-2-3-9)10-4-5-10/h9-11H,2-8H2,1H3. The fraction of sp³-hybridized carbons (Fsp3) is 1.00. The molecule has 1 heterocycles. The Morgan fingerprint density at radius 2 is 1.54 bits per heavy atom. The van der Waals surface area contributed by atoms with Crippen LogP contribution in [0.15, 0.2) is 0 Å². The predicted octanol–water partition coefficient (Wildman–Crippen LogP) is 1.32. The van der Waals surface area contributed by atoms with Gasteiger partial charge in [0.2, 0.25) is 0 Å². The second-order valence-electron chi connectivity index (χ2n) is 5.11. The van der Waals surface area contributed by atoms with Crippen molar-refractivity contribution in [2.75, 3.05) is 20.1 Å². The van der Waals surface area contributed by atoms with Crippen molar-refractivity contribution in [1.29, 1.82) is 0 Å². The van der Waals surface area contributed by atoms with E-state index < -0.39 is 0 Å². The number of hydrogen-bond donors (Lipinski definition) is 0. The van der Waals surface area contributed by atoms with E-state index in [1.54, 1.807) is 0 Å². The van der Waals surface area contributed by atoms with Crippen LogP contribution in [0.4, 0.5) is 0 Å². The second kappa shape index (κ2) is 2.96. The Balaban J connectivity index is 1.65. The Hall–Kier alpha value is -0.0800. The molecule has 13 heavy (non-hydrogen) atoms. The minimum absolute atomic E-state index is 0.907. The summed E-state index contributed by atoms with van der Waals surface area (Å²) < 4.78 is 0. The van der Waals surface area contributed by atoms with Gasteiger partial charge in [0, 0.05) is 24.7 Å². The van der Waals surface area contributed by atoms with Crippen molar-refractivity contribution in [3.63, 3.8) is 0 Å². The van der Waals surface area contributed by atoms with Crippen molar-refractivity contribution in [2.24, 2.45) is 0 Å². The second-order valence-corrected chi connectivity index (χ2v) is 5.11. The Morgan fingerprint density at radius 1 is 0.923 bits per heavy atom. The van der Waals surface area contributed by atoms with E-state index in [4.69, 9.17) is 0 Å². The number of likely N-dealkylation sites (N-methyl/N-ethyl adjacent to an activating group) is 1. The molecular formula is C11H20N2. The molecule has 0 radical (unpaired) electrons. The molecule has 1 aliphatic heterocycles. The highest BCUT2D eigenvalue weighted by atomic mass is 15.3. The first-order valence-electron chi connectivity index (χ1n) is 5.80. The lowest BCUT2D eigenvalue weighted by Crippen LogP contribution is -2.40. The van der Waals surface area contributed by atoms with Crippen LogP contribution >= 0.6 is 0 Å². The first-order valence-corrected chi connectivity index (χ1v) is 5.80. The fourth-order valence-electron chi connectivity index (χ4n) is 2.79. The Bertz CT molecular complexity index is 184. The third-order valence-electron chi connectivity index (χ3n) is 3.73. The molecule has 3 rings (SSSR count). The highest BCUT2D eigenvalue weighted by molar-refractivity contribution is 4.99. The monoisotopic (exact) mass is 180 g/mol. The summed E-state index contributed by atoms with van der Waals surface area (Å²) in [5.74, 6) is 0. The van der Waals surface area contributed by atoms with Crippen molar-refractivity contribution in [1.82, 2.24) is 9.80 Å². The zero-order valence-corrected chi connectivity index (χ0v) is 8.58. The first-order chi connectivity index (χ1) is 6.34. The van der Waals surface area contributed by atoms with Crippen LogP contribution in [0.2, 0.25) is 0 Å². The fourth-order valence-corrected chi connectivity index (χ4v) is 2.79. The predicted molar refractivity (Wildman–Crippen MR) is 53.8 cm³/mol. The van der Waals surface area contributed by atoms with Crippen molar-refractivity contribution < 1.29 is 0 Å². The number of rotatable bonds is 3. The van der Waals surface area contributed by atoms with Crippen molar-refractivity contribution in [3.8, 4) is 0 Å². The van der Waals surface area contributed by atoms with Gasteiger partial charge in [0.15, 0.2) is 0 Å². The van der Waals surface area contributed by atoms with E-state index in [0.29, 0.717) is 0 Å². The van der Waals surface area contributed by atoms with E-state index >= 15 is 0 Å². The molecule has 0 aromatic carbocycles. The summed E-state index contributed by atoms with van der Waals surface area (Å²) in [7, 11) is 2.26. The molecule has 0 aromatic rings. The lowest BCUT2D eigenvalue weighted by atomic mass is 10.2. The normalized spacial score (nSPS) is 36.0. The zero-order valence-electron chi connectivity index (χ0n) is 8.58. The maximum absolute atomic E-state index is 2.86. The molecule has 3 fully saturated rings. The number of hydrogen-bond acceptors (Lipinski definition) is 2. The molecule has 0 N–H and O–H groups in total. The van der Waals surface area contributed by atoms with Gasteiger partial charge >= 0.3 is 0 Å². The average molecular weight is 180 g/mol. The molecule has 74 valence electrons. The van der Waals surface area contributed by atoms with Gasteiger partial charge < -0.3 is 4.90 Å². The van der Waals surface area contributed by atoms with Crippen LogP contribution in [0.25, 0.3) is 0 Å². The summed E-state index contributed by atoms with van der Waals surface area (Å²) in [6.45, 7) is 2.65. The molecule has 1 unspecified atom stereocenters. The largest absolute Gasteiger partial charge is 0.305 e. The van der Waals surface area contributed by atoms with E-state index in [0.717, 1.165) is 18.1 Å². The summed E-state index contributed by atoms with van der Waals surface area (Å²) in [5.41, 5.74) is 0. The van der Waals surface area contributed by atoms with Gasteiger partial charge in [0.1, 0.15) is 0 Å². The molecule has 2 nitrogen and oxygen atoms in total. The molecule has 1 saturated heterocycles. The zero-order chi connectivity index (χ0) is 8.84. The Morgan fingerprint density at radius 3 is 1.92 bits per heavy atom. The van der Waals surface area contributed by atoms with Crippen LogP contribution in [0.3, 0.4) is 0 Å². The number of nitrogens with zero attached hydrogens (tertiary/aromatic N) is 2. The van der Waals surface area contributed by atoms with Gasteiger partial charge in [-0.2, -0.15) is 0 Å². The Kier molecular flexibility index (Phi) is 1.88. The summed E-state index contributed by atoms with van der Waals surface area (Å²) in [5, 5.41) is 0. The maximum atomic E-state index is 2.86. The van der Waals surface area contributed by atoms with Gasteiger partial charge in [-0.05, 0) is 45.7 Å². The minimum Gasteiger partial charge on any atom is -0.305 e. The van der Waals surface area contributed by atoms with E-state index in [9.17, 15) is 0 Å². The highest BCUT2D eigenvalue weighted by Crippen LogP contribution is 2.40. The quantitative estimate of drug-likeness (QED) is 0.646.